The minimum absolute atomic E-state index is 0.137. The van der Waals surface area contributed by atoms with Gasteiger partial charge in [0, 0.05) is 33.3 Å². The van der Waals surface area contributed by atoms with Gasteiger partial charge in [0.1, 0.15) is 0 Å². The van der Waals surface area contributed by atoms with Gasteiger partial charge in [-0.05, 0) is 37.0 Å². The van der Waals surface area contributed by atoms with E-state index in [1.807, 2.05) is 11.3 Å². The lowest BCUT2D eigenvalue weighted by molar-refractivity contribution is -0.140. The van der Waals surface area contributed by atoms with Gasteiger partial charge in [-0.1, -0.05) is 18.2 Å². The second-order valence-electron chi connectivity index (χ2n) is 6.03. The first-order chi connectivity index (χ1) is 11.2. The van der Waals surface area contributed by atoms with E-state index >= 15 is 0 Å². The minimum atomic E-state index is -0.137. The number of rotatable bonds is 3. The summed E-state index contributed by atoms with van der Waals surface area (Å²) >= 11 is 1.85. The van der Waals surface area contributed by atoms with E-state index in [2.05, 4.69) is 41.9 Å². The molecule has 118 valence electrons. The Labute approximate surface area is 139 Å². The van der Waals surface area contributed by atoms with Gasteiger partial charge in [-0.2, -0.15) is 0 Å². The first kappa shape index (κ1) is 14.5. The monoisotopic (exact) mass is 325 g/mol. The number of esters is 1. The van der Waals surface area contributed by atoms with Crippen LogP contribution in [0, 0.1) is 0 Å². The maximum Gasteiger partial charge on any atom is 0.305 e. The van der Waals surface area contributed by atoms with E-state index in [0.29, 0.717) is 6.42 Å². The zero-order valence-electron chi connectivity index (χ0n) is 13.4. The van der Waals surface area contributed by atoms with Crippen LogP contribution >= 0.6 is 11.3 Å². The lowest BCUT2D eigenvalue weighted by atomic mass is 9.94. The normalized spacial score (nSPS) is 13.0. The Morgan fingerprint density at radius 1 is 1.30 bits per heavy atom. The number of para-hydroxylation sites is 1. The van der Waals surface area contributed by atoms with Crippen LogP contribution in [0.25, 0.3) is 22.2 Å². The number of aryl methyl sites for hydroxylation is 4. The lowest BCUT2D eigenvalue weighted by Gasteiger charge is -2.14. The Bertz CT molecular complexity index is 904. The maximum atomic E-state index is 11.4. The molecule has 0 unspecified atom stereocenters. The van der Waals surface area contributed by atoms with Crippen molar-refractivity contribution in [1.29, 1.82) is 0 Å². The number of hydrogen-bond acceptors (Lipinski definition) is 3. The van der Waals surface area contributed by atoms with Crippen molar-refractivity contribution in [3.05, 3.63) is 45.6 Å². The standard InChI is InChI=1S/C19H19NO2S/c1-20-16-6-4-3-5-13(16)14-8-9-17-15(19(14)20)11-12(23-17)7-10-18(21)22-2/h3-6,11H,7-10H2,1-2H3. The summed E-state index contributed by atoms with van der Waals surface area (Å²) in [5.74, 6) is -0.137. The fourth-order valence-electron chi connectivity index (χ4n) is 3.63. The SMILES string of the molecule is COC(=O)CCc1cc2c(s1)CCc1c-2n(C)c2ccccc12. The Hall–Kier alpha value is -2.07. The van der Waals surface area contributed by atoms with Crippen LogP contribution in [0.15, 0.2) is 30.3 Å². The van der Waals surface area contributed by atoms with Crippen molar-refractivity contribution in [3.63, 3.8) is 0 Å². The number of benzene rings is 1. The summed E-state index contributed by atoms with van der Waals surface area (Å²) in [6.45, 7) is 0. The summed E-state index contributed by atoms with van der Waals surface area (Å²) in [6.07, 6.45) is 3.42. The Morgan fingerprint density at radius 3 is 2.96 bits per heavy atom. The molecule has 1 aromatic carbocycles. The van der Waals surface area contributed by atoms with Crippen molar-refractivity contribution in [1.82, 2.24) is 4.57 Å². The average Bonchev–Trinajstić information content (AvgIpc) is 3.12. The van der Waals surface area contributed by atoms with E-state index in [4.69, 9.17) is 4.74 Å². The van der Waals surface area contributed by atoms with Crippen LogP contribution < -0.4 is 0 Å². The molecule has 23 heavy (non-hydrogen) atoms. The molecule has 0 spiro atoms. The third-order valence-corrected chi connectivity index (χ3v) is 5.99. The second-order valence-corrected chi connectivity index (χ2v) is 7.25. The molecule has 0 radical (unpaired) electrons. The van der Waals surface area contributed by atoms with Gasteiger partial charge in [-0.25, -0.2) is 0 Å². The summed E-state index contributed by atoms with van der Waals surface area (Å²) in [7, 11) is 3.60. The zero-order chi connectivity index (χ0) is 16.0. The number of ether oxygens (including phenoxy) is 1. The number of nitrogens with zero attached hydrogens (tertiary/aromatic N) is 1. The number of carbonyl (C=O) groups excluding carboxylic acids is 1. The zero-order valence-corrected chi connectivity index (χ0v) is 14.2. The number of fused-ring (bicyclic) bond motifs is 5. The molecule has 0 fully saturated rings. The van der Waals surface area contributed by atoms with Crippen LogP contribution in [-0.2, 0) is 35.8 Å². The highest BCUT2D eigenvalue weighted by Crippen LogP contribution is 2.43. The van der Waals surface area contributed by atoms with Gasteiger partial charge in [0.2, 0.25) is 0 Å². The first-order valence-electron chi connectivity index (χ1n) is 7.94. The van der Waals surface area contributed by atoms with Crippen LogP contribution in [-0.4, -0.2) is 17.6 Å². The molecule has 3 aromatic rings. The highest BCUT2D eigenvalue weighted by molar-refractivity contribution is 7.12. The second kappa shape index (κ2) is 5.53. The quantitative estimate of drug-likeness (QED) is 0.679. The summed E-state index contributed by atoms with van der Waals surface area (Å²) < 4.78 is 7.07. The van der Waals surface area contributed by atoms with E-state index in [-0.39, 0.29) is 5.97 Å². The molecule has 0 amide bonds. The van der Waals surface area contributed by atoms with Crippen LogP contribution in [0.4, 0.5) is 0 Å². The Morgan fingerprint density at radius 2 is 2.13 bits per heavy atom. The van der Waals surface area contributed by atoms with Crippen LogP contribution in [0.3, 0.4) is 0 Å². The van der Waals surface area contributed by atoms with E-state index in [9.17, 15) is 4.79 Å². The third-order valence-electron chi connectivity index (χ3n) is 4.73. The summed E-state index contributed by atoms with van der Waals surface area (Å²) in [6, 6.07) is 10.9. The molecule has 2 aromatic heterocycles. The van der Waals surface area contributed by atoms with E-state index in [0.717, 1.165) is 19.3 Å². The Balaban J connectivity index is 1.78. The first-order valence-corrected chi connectivity index (χ1v) is 8.75. The highest BCUT2D eigenvalue weighted by Gasteiger charge is 2.25. The average molecular weight is 325 g/mol. The summed E-state index contributed by atoms with van der Waals surface area (Å²) in [4.78, 5) is 14.1. The molecule has 0 aliphatic heterocycles. The van der Waals surface area contributed by atoms with Gasteiger partial charge in [0.15, 0.2) is 0 Å². The number of thiophene rings is 1. The fourth-order valence-corrected chi connectivity index (χ4v) is 4.79. The van der Waals surface area contributed by atoms with Crippen LogP contribution in [0.5, 0.6) is 0 Å². The minimum Gasteiger partial charge on any atom is -0.469 e. The van der Waals surface area contributed by atoms with Crippen LogP contribution in [0.1, 0.15) is 21.7 Å². The number of hydrogen-bond donors (Lipinski definition) is 0. The molecular weight excluding hydrogens is 306 g/mol. The fraction of sp³-hybridized carbons (Fsp3) is 0.316. The van der Waals surface area contributed by atoms with Crippen molar-refractivity contribution >= 4 is 28.2 Å². The van der Waals surface area contributed by atoms with Crippen molar-refractivity contribution in [3.8, 4) is 11.3 Å². The highest BCUT2D eigenvalue weighted by atomic mass is 32.1. The molecule has 1 aliphatic rings. The van der Waals surface area contributed by atoms with Gasteiger partial charge >= 0.3 is 5.97 Å². The number of carbonyl (C=O) groups is 1. The molecule has 0 saturated carbocycles. The van der Waals surface area contributed by atoms with E-state index < -0.39 is 0 Å². The van der Waals surface area contributed by atoms with Gasteiger partial charge in [-0.15, -0.1) is 11.3 Å². The molecule has 3 nitrogen and oxygen atoms in total. The van der Waals surface area contributed by atoms with Gasteiger partial charge in [0.05, 0.1) is 19.2 Å². The molecule has 0 bridgehead atoms. The molecule has 4 heteroatoms. The Kier molecular flexibility index (Phi) is 3.49. The van der Waals surface area contributed by atoms with Crippen LogP contribution in [0.2, 0.25) is 0 Å². The lowest BCUT2D eigenvalue weighted by Crippen LogP contribution is -2.02. The topological polar surface area (TPSA) is 31.2 Å². The number of aromatic nitrogens is 1. The summed E-state index contributed by atoms with van der Waals surface area (Å²) in [5.41, 5.74) is 5.48. The number of methoxy groups -OCH3 is 1. The maximum absolute atomic E-state index is 11.4. The third kappa shape index (κ3) is 2.29. The molecule has 2 heterocycles. The molecule has 1 aliphatic carbocycles. The predicted molar refractivity (Wildman–Crippen MR) is 94.0 cm³/mol. The predicted octanol–water partition coefficient (Wildman–Crippen LogP) is 4.11. The van der Waals surface area contributed by atoms with Gasteiger partial charge < -0.3 is 9.30 Å². The molecular formula is C19H19NO2S. The largest absolute Gasteiger partial charge is 0.469 e. The van der Waals surface area contributed by atoms with Crippen molar-refractivity contribution < 1.29 is 9.53 Å². The van der Waals surface area contributed by atoms with Crippen molar-refractivity contribution in [2.45, 2.75) is 25.7 Å². The van der Waals surface area contributed by atoms with Crippen molar-refractivity contribution in [2.75, 3.05) is 7.11 Å². The van der Waals surface area contributed by atoms with Gasteiger partial charge in [-0.3, -0.25) is 4.79 Å². The molecule has 0 atom stereocenters. The smallest absolute Gasteiger partial charge is 0.305 e. The van der Waals surface area contributed by atoms with E-state index in [1.165, 1.54) is 44.6 Å². The summed E-state index contributed by atoms with van der Waals surface area (Å²) in [5, 5.41) is 1.37. The molecule has 4 rings (SSSR count). The molecule has 0 N–H and O–H groups in total. The molecule has 0 saturated heterocycles. The van der Waals surface area contributed by atoms with Crippen molar-refractivity contribution in [2.24, 2.45) is 7.05 Å². The van der Waals surface area contributed by atoms with Gasteiger partial charge in [0.25, 0.3) is 0 Å². The van der Waals surface area contributed by atoms with E-state index in [1.54, 1.807) is 0 Å².